The third kappa shape index (κ3) is 2.92. The van der Waals surface area contributed by atoms with Gasteiger partial charge >= 0.3 is 6.03 Å². The van der Waals surface area contributed by atoms with Gasteiger partial charge in [-0.05, 0) is 18.9 Å². The first-order valence-corrected chi connectivity index (χ1v) is 6.20. The molecule has 0 aliphatic carbocycles. The fraction of sp³-hybridized carbons (Fsp3) is 0.462. The number of urea groups is 1. The maximum atomic E-state index is 11.0. The number of likely N-dealkylation sites (tertiary alicyclic amines) is 1. The van der Waals surface area contributed by atoms with E-state index in [1.165, 1.54) is 0 Å². The van der Waals surface area contributed by atoms with Crippen molar-refractivity contribution in [3.63, 3.8) is 0 Å². The van der Waals surface area contributed by atoms with Crippen LogP contribution in [0.15, 0.2) is 24.3 Å². The van der Waals surface area contributed by atoms with Crippen LogP contribution in [0.25, 0.3) is 0 Å². The fourth-order valence-electron chi connectivity index (χ4n) is 2.26. The summed E-state index contributed by atoms with van der Waals surface area (Å²) in [6.07, 6.45) is 1.76. The Balaban J connectivity index is 1.93. The Hall–Kier alpha value is -1.75. The molecule has 1 saturated heterocycles. The summed E-state index contributed by atoms with van der Waals surface area (Å²) in [5.41, 5.74) is 7.11. The molecule has 1 aromatic rings. The molecule has 18 heavy (non-hydrogen) atoms. The molecule has 0 spiro atoms. The number of aliphatic hydroxyl groups excluding tert-OH is 1. The molecule has 0 unspecified atom stereocenters. The molecule has 0 atom stereocenters. The number of carbonyl (C=O) groups is 1. The van der Waals surface area contributed by atoms with Crippen LogP contribution in [0.4, 0.5) is 10.5 Å². The first-order chi connectivity index (χ1) is 8.70. The number of nitrogens with one attached hydrogen (secondary N) is 1. The van der Waals surface area contributed by atoms with Gasteiger partial charge in [0, 0.05) is 30.4 Å². The molecular weight excluding hydrogens is 230 g/mol. The summed E-state index contributed by atoms with van der Waals surface area (Å²) in [6, 6.07) is 7.71. The summed E-state index contributed by atoms with van der Waals surface area (Å²) in [6.45, 7) is 1.41. The number of carbonyl (C=O) groups excluding carboxylic acids is 1. The van der Waals surface area contributed by atoms with E-state index in [0.717, 1.165) is 24.1 Å². The van der Waals surface area contributed by atoms with E-state index in [1.54, 1.807) is 4.90 Å². The topological polar surface area (TPSA) is 78.6 Å². The van der Waals surface area contributed by atoms with Gasteiger partial charge in [0.2, 0.25) is 0 Å². The second kappa shape index (κ2) is 5.73. The molecule has 0 aromatic heterocycles. The van der Waals surface area contributed by atoms with Gasteiger partial charge in [-0.25, -0.2) is 4.79 Å². The molecule has 0 saturated carbocycles. The highest BCUT2D eigenvalue weighted by Gasteiger charge is 2.21. The molecule has 98 valence electrons. The van der Waals surface area contributed by atoms with Gasteiger partial charge in [-0.15, -0.1) is 0 Å². The van der Waals surface area contributed by atoms with E-state index >= 15 is 0 Å². The normalized spacial score (nSPS) is 16.6. The molecule has 0 bridgehead atoms. The number of piperidine rings is 1. The fourth-order valence-corrected chi connectivity index (χ4v) is 2.26. The summed E-state index contributed by atoms with van der Waals surface area (Å²) in [4.78, 5) is 12.7. The van der Waals surface area contributed by atoms with Crippen LogP contribution in [0.2, 0.25) is 0 Å². The summed E-state index contributed by atoms with van der Waals surface area (Å²) >= 11 is 0. The van der Waals surface area contributed by atoms with Gasteiger partial charge in [0.05, 0.1) is 6.61 Å². The van der Waals surface area contributed by atoms with Crippen LogP contribution < -0.4 is 11.1 Å². The van der Waals surface area contributed by atoms with Crippen molar-refractivity contribution in [2.24, 2.45) is 5.73 Å². The van der Waals surface area contributed by atoms with Crippen LogP contribution in [-0.2, 0) is 6.61 Å². The molecule has 5 nitrogen and oxygen atoms in total. The minimum atomic E-state index is -0.343. The number of nitrogens with zero attached hydrogens (tertiary/aromatic N) is 1. The quantitative estimate of drug-likeness (QED) is 0.751. The van der Waals surface area contributed by atoms with Crippen molar-refractivity contribution in [2.45, 2.75) is 25.5 Å². The van der Waals surface area contributed by atoms with E-state index in [0.29, 0.717) is 19.1 Å². The van der Waals surface area contributed by atoms with E-state index in [9.17, 15) is 9.90 Å². The zero-order chi connectivity index (χ0) is 13.0. The van der Waals surface area contributed by atoms with Gasteiger partial charge < -0.3 is 21.1 Å². The molecule has 1 fully saturated rings. The summed E-state index contributed by atoms with van der Waals surface area (Å²) < 4.78 is 0. The van der Waals surface area contributed by atoms with Crippen molar-refractivity contribution >= 4 is 11.7 Å². The minimum Gasteiger partial charge on any atom is -0.392 e. The first kappa shape index (κ1) is 12.7. The number of aliphatic hydroxyl groups is 1. The van der Waals surface area contributed by atoms with Crippen molar-refractivity contribution < 1.29 is 9.90 Å². The Morgan fingerprint density at radius 1 is 1.39 bits per heavy atom. The first-order valence-electron chi connectivity index (χ1n) is 6.20. The number of amides is 2. The highest BCUT2D eigenvalue weighted by molar-refractivity contribution is 5.72. The van der Waals surface area contributed by atoms with Crippen LogP contribution in [0.5, 0.6) is 0 Å². The number of primary amides is 1. The van der Waals surface area contributed by atoms with Gasteiger partial charge in [0.25, 0.3) is 0 Å². The molecule has 1 heterocycles. The van der Waals surface area contributed by atoms with Gasteiger partial charge in [-0.1, -0.05) is 18.2 Å². The Morgan fingerprint density at radius 3 is 2.67 bits per heavy atom. The maximum absolute atomic E-state index is 11.0. The predicted molar refractivity (Wildman–Crippen MR) is 70.2 cm³/mol. The van der Waals surface area contributed by atoms with Gasteiger partial charge in [0.15, 0.2) is 0 Å². The maximum Gasteiger partial charge on any atom is 0.314 e. The number of hydrogen-bond acceptors (Lipinski definition) is 3. The number of rotatable bonds is 3. The zero-order valence-electron chi connectivity index (χ0n) is 10.3. The Labute approximate surface area is 107 Å². The molecule has 2 amide bonds. The van der Waals surface area contributed by atoms with Crippen molar-refractivity contribution in [3.8, 4) is 0 Å². The van der Waals surface area contributed by atoms with Crippen LogP contribution in [-0.4, -0.2) is 35.2 Å². The standard InChI is InChI=1S/C13H19N3O2/c14-13(18)16-7-5-11(6-8-16)15-12-4-2-1-3-10(12)9-17/h1-4,11,15,17H,5-9H2,(H2,14,18). The van der Waals surface area contributed by atoms with Crippen molar-refractivity contribution in [1.82, 2.24) is 4.90 Å². The SMILES string of the molecule is NC(=O)N1CCC(Nc2ccccc2CO)CC1. The number of hydrogen-bond donors (Lipinski definition) is 3. The largest absolute Gasteiger partial charge is 0.392 e. The van der Waals surface area contributed by atoms with E-state index in [1.807, 2.05) is 24.3 Å². The average Bonchev–Trinajstić information content (AvgIpc) is 2.40. The smallest absolute Gasteiger partial charge is 0.314 e. The molecular formula is C13H19N3O2. The van der Waals surface area contributed by atoms with E-state index in [2.05, 4.69) is 5.32 Å². The second-order valence-corrected chi connectivity index (χ2v) is 4.56. The third-order valence-corrected chi connectivity index (χ3v) is 3.35. The van der Waals surface area contributed by atoms with Crippen molar-refractivity contribution in [3.05, 3.63) is 29.8 Å². The monoisotopic (exact) mass is 249 g/mol. The Kier molecular flexibility index (Phi) is 4.04. The van der Waals surface area contributed by atoms with Gasteiger partial charge in [-0.3, -0.25) is 0 Å². The molecule has 1 aliphatic rings. The van der Waals surface area contributed by atoms with E-state index in [4.69, 9.17) is 5.73 Å². The Morgan fingerprint density at radius 2 is 2.06 bits per heavy atom. The zero-order valence-corrected chi connectivity index (χ0v) is 10.3. The summed E-state index contributed by atoms with van der Waals surface area (Å²) in [7, 11) is 0. The van der Waals surface area contributed by atoms with Crippen molar-refractivity contribution in [2.75, 3.05) is 18.4 Å². The molecule has 0 radical (unpaired) electrons. The molecule has 2 rings (SSSR count). The van der Waals surface area contributed by atoms with E-state index < -0.39 is 0 Å². The lowest BCUT2D eigenvalue weighted by Crippen LogP contribution is -2.44. The van der Waals surface area contributed by atoms with Crippen molar-refractivity contribution in [1.29, 1.82) is 0 Å². The molecule has 1 aromatic carbocycles. The summed E-state index contributed by atoms with van der Waals surface area (Å²) in [5.74, 6) is 0. The summed E-state index contributed by atoms with van der Waals surface area (Å²) in [5, 5.41) is 12.7. The van der Waals surface area contributed by atoms with E-state index in [-0.39, 0.29) is 12.6 Å². The van der Waals surface area contributed by atoms with Crippen LogP contribution in [0.1, 0.15) is 18.4 Å². The number of para-hydroxylation sites is 1. The number of anilines is 1. The number of benzene rings is 1. The van der Waals surface area contributed by atoms with Gasteiger partial charge in [-0.2, -0.15) is 0 Å². The van der Waals surface area contributed by atoms with Crippen LogP contribution in [0, 0.1) is 0 Å². The lowest BCUT2D eigenvalue weighted by Gasteiger charge is -2.32. The molecule has 1 aliphatic heterocycles. The lowest BCUT2D eigenvalue weighted by molar-refractivity contribution is 0.193. The molecule has 4 N–H and O–H groups in total. The average molecular weight is 249 g/mol. The second-order valence-electron chi connectivity index (χ2n) is 4.56. The minimum absolute atomic E-state index is 0.0311. The van der Waals surface area contributed by atoms with Crippen LogP contribution in [0.3, 0.4) is 0 Å². The predicted octanol–water partition coefficient (Wildman–Crippen LogP) is 1.13. The number of nitrogens with two attached hydrogens (primary N) is 1. The molecule has 5 heteroatoms. The lowest BCUT2D eigenvalue weighted by atomic mass is 10.0. The van der Waals surface area contributed by atoms with Gasteiger partial charge in [0.1, 0.15) is 0 Å². The van der Waals surface area contributed by atoms with Crippen LogP contribution >= 0.6 is 0 Å². The third-order valence-electron chi connectivity index (χ3n) is 3.35. The highest BCUT2D eigenvalue weighted by atomic mass is 16.3. The Bertz CT molecular complexity index is 414. The highest BCUT2D eigenvalue weighted by Crippen LogP contribution is 2.20.